The molecule has 5 nitrogen and oxygen atoms in total. The molecule has 0 spiro atoms. The lowest BCUT2D eigenvalue weighted by atomic mass is 10.1. The molecule has 1 heterocycles. The molecule has 3 aromatic carbocycles. The number of nitrogens with zero attached hydrogens (tertiary/aromatic N) is 3. The first-order valence-electron chi connectivity index (χ1n) is 8.94. The van der Waals surface area contributed by atoms with Gasteiger partial charge in [0.05, 0.1) is 16.9 Å². The second kappa shape index (κ2) is 8.19. The Morgan fingerprint density at radius 3 is 2.28 bits per heavy atom. The maximum atomic E-state index is 13.2. The van der Waals surface area contributed by atoms with Gasteiger partial charge in [-0.3, -0.25) is 0 Å². The number of hydrogen-bond donors (Lipinski definition) is 2. The predicted molar refractivity (Wildman–Crippen MR) is 112 cm³/mol. The Morgan fingerprint density at radius 1 is 0.793 bits per heavy atom. The van der Waals surface area contributed by atoms with Gasteiger partial charge in [-0.1, -0.05) is 42.5 Å². The summed E-state index contributed by atoms with van der Waals surface area (Å²) in [7, 11) is 0. The Bertz CT molecular complexity index is 1170. The first-order valence-corrected chi connectivity index (χ1v) is 8.94. The van der Waals surface area contributed by atoms with Crippen LogP contribution in [-0.4, -0.2) is 9.97 Å². The summed E-state index contributed by atoms with van der Waals surface area (Å²) in [6.45, 7) is 0. The van der Waals surface area contributed by atoms with Crippen molar-refractivity contribution in [3.63, 3.8) is 0 Å². The fourth-order valence-corrected chi connectivity index (χ4v) is 2.81. The van der Waals surface area contributed by atoms with E-state index >= 15 is 0 Å². The SMILES string of the molecule is N#Cc1ccccc1Nc1cc(-c2ccccc2)nc(Nc2ccc(F)cc2)n1. The van der Waals surface area contributed by atoms with E-state index in [4.69, 9.17) is 0 Å². The van der Waals surface area contributed by atoms with Gasteiger partial charge in [0.25, 0.3) is 0 Å². The minimum atomic E-state index is -0.315. The van der Waals surface area contributed by atoms with Crippen molar-refractivity contribution in [3.05, 3.63) is 96.3 Å². The molecule has 0 atom stereocenters. The number of nitrogens with one attached hydrogen (secondary N) is 2. The van der Waals surface area contributed by atoms with E-state index in [2.05, 4.69) is 26.7 Å². The Labute approximate surface area is 167 Å². The largest absolute Gasteiger partial charge is 0.339 e. The molecule has 0 radical (unpaired) electrons. The van der Waals surface area contributed by atoms with E-state index in [1.807, 2.05) is 48.5 Å². The number of nitriles is 1. The van der Waals surface area contributed by atoms with Gasteiger partial charge in [0.2, 0.25) is 5.95 Å². The van der Waals surface area contributed by atoms with E-state index in [0.29, 0.717) is 34.4 Å². The van der Waals surface area contributed by atoms with Crippen LogP contribution < -0.4 is 10.6 Å². The van der Waals surface area contributed by atoms with Gasteiger partial charge in [-0.25, -0.2) is 9.37 Å². The smallest absolute Gasteiger partial charge is 0.229 e. The lowest BCUT2D eigenvalue weighted by molar-refractivity contribution is 0.628. The standard InChI is InChI=1S/C23H16FN5/c24-18-10-12-19(13-11-18)26-23-28-21(16-6-2-1-3-7-16)14-22(29-23)27-20-9-5-4-8-17(20)15-25/h1-14H,(H2,26,27,28,29). The van der Waals surface area contributed by atoms with Crippen molar-refractivity contribution in [2.45, 2.75) is 0 Å². The lowest BCUT2D eigenvalue weighted by Gasteiger charge is -2.12. The topological polar surface area (TPSA) is 73.6 Å². The minimum absolute atomic E-state index is 0.315. The van der Waals surface area contributed by atoms with E-state index in [0.717, 1.165) is 5.56 Å². The number of benzene rings is 3. The van der Waals surface area contributed by atoms with Crippen molar-refractivity contribution in [3.8, 4) is 17.3 Å². The molecular formula is C23H16FN5. The van der Waals surface area contributed by atoms with Crippen molar-refractivity contribution in [1.29, 1.82) is 5.26 Å². The number of halogens is 1. The number of para-hydroxylation sites is 1. The molecule has 4 rings (SSSR count). The van der Waals surface area contributed by atoms with E-state index in [1.165, 1.54) is 12.1 Å². The number of hydrogen-bond acceptors (Lipinski definition) is 5. The maximum Gasteiger partial charge on any atom is 0.229 e. The summed E-state index contributed by atoms with van der Waals surface area (Å²) < 4.78 is 13.2. The van der Waals surface area contributed by atoms with E-state index in [1.54, 1.807) is 24.3 Å². The van der Waals surface area contributed by atoms with Crippen molar-refractivity contribution < 1.29 is 4.39 Å². The highest BCUT2D eigenvalue weighted by atomic mass is 19.1. The molecule has 29 heavy (non-hydrogen) atoms. The summed E-state index contributed by atoms with van der Waals surface area (Å²) in [5, 5.41) is 15.6. The summed E-state index contributed by atoms with van der Waals surface area (Å²) in [4.78, 5) is 9.10. The van der Waals surface area contributed by atoms with Crippen LogP contribution in [0.1, 0.15) is 5.56 Å². The van der Waals surface area contributed by atoms with Gasteiger partial charge in [-0.05, 0) is 36.4 Å². The zero-order chi connectivity index (χ0) is 20.1. The molecule has 6 heteroatoms. The van der Waals surface area contributed by atoms with E-state index in [-0.39, 0.29) is 5.82 Å². The van der Waals surface area contributed by atoms with Crippen LogP contribution in [0.2, 0.25) is 0 Å². The average molecular weight is 381 g/mol. The van der Waals surface area contributed by atoms with Gasteiger partial charge in [-0.15, -0.1) is 0 Å². The van der Waals surface area contributed by atoms with Gasteiger partial charge in [0.1, 0.15) is 17.7 Å². The molecule has 0 fully saturated rings. The van der Waals surface area contributed by atoms with Crippen molar-refractivity contribution in [1.82, 2.24) is 9.97 Å². The molecule has 0 saturated carbocycles. The molecule has 2 N–H and O–H groups in total. The Morgan fingerprint density at radius 2 is 1.52 bits per heavy atom. The molecule has 1 aromatic heterocycles. The molecule has 0 aliphatic rings. The summed E-state index contributed by atoms with van der Waals surface area (Å²) in [6.07, 6.45) is 0. The quantitative estimate of drug-likeness (QED) is 0.468. The average Bonchev–Trinajstić information content (AvgIpc) is 2.76. The summed E-state index contributed by atoms with van der Waals surface area (Å²) in [5.41, 5.74) is 3.47. The molecule has 0 bridgehead atoms. The fraction of sp³-hybridized carbons (Fsp3) is 0. The molecule has 0 saturated heterocycles. The Hall–Kier alpha value is -4.24. The predicted octanol–water partition coefficient (Wildman–Crippen LogP) is 5.64. The third-order valence-corrected chi connectivity index (χ3v) is 4.21. The molecule has 0 aliphatic carbocycles. The van der Waals surface area contributed by atoms with Crippen LogP contribution in [0.3, 0.4) is 0 Å². The highest BCUT2D eigenvalue weighted by Gasteiger charge is 2.09. The van der Waals surface area contributed by atoms with Crippen LogP contribution >= 0.6 is 0 Å². The third-order valence-electron chi connectivity index (χ3n) is 4.21. The van der Waals surface area contributed by atoms with Gasteiger partial charge in [-0.2, -0.15) is 10.2 Å². The van der Waals surface area contributed by atoms with Crippen LogP contribution in [0.4, 0.5) is 27.5 Å². The van der Waals surface area contributed by atoms with Gasteiger partial charge in [0.15, 0.2) is 0 Å². The van der Waals surface area contributed by atoms with Crippen molar-refractivity contribution in [2.75, 3.05) is 10.6 Å². The van der Waals surface area contributed by atoms with Gasteiger partial charge >= 0.3 is 0 Å². The fourth-order valence-electron chi connectivity index (χ4n) is 2.81. The van der Waals surface area contributed by atoms with E-state index in [9.17, 15) is 9.65 Å². The zero-order valence-corrected chi connectivity index (χ0v) is 15.3. The van der Waals surface area contributed by atoms with Crippen molar-refractivity contribution >= 4 is 23.1 Å². The van der Waals surface area contributed by atoms with Crippen LogP contribution in [-0.2, 0) is 0 Å². The van der Waals surface area contributed by atoms with Gasteiger partial charge < -0.3 is 10.6 Å². The Kier molecular flexibility index (Phi) is 5.12. The molecule has 4 aromatic rings. The van der Waals surface area contributed by atoms with E-state index < -0.39 is 0 Å². The van der Waals surface area contributed by atoms with Crippen LogP contribution in [0, 0.1) is 17.1 Å². The molecule has 0 amide bonds. The molecular weight excluding hydrogens is 365 g/mol. The summed E-state index contributed by atoms with van der Waals surface area (Å²) >= 11 is 0. The molecule has 0 unspecified atom stereocenters. The number of rotatable bonds is 5. The maximum absolute atomic E-state index is 13.2. The highest BCUT2D eigenvalue weighted by Crippen LogP contribution is 2.26. The zero-order valence-electron chi connectivity index (χ0n) is 15.3. The molecule has 0 aliphatic heterocycles. The summed E-state index contributed by atoms with van der Waals surface area (Å²) in [5.74, 6) is 0.575. The van der Waals surface area contributed by atoms with Crippen LogP contribution in [0.5, 0.6) is 0 Å². The first-order chi connectivity index (χ1) is 14.2. The normalized spacial score (nSPS) is 10.2. The van der Waals surface area contributed by atoms with Crippen LogP contribution in [0.15, 0.2) is 84.9 Å². The summed E-state index contributed by atoms with van der Waals surface area (Å²) in [6, 6.07) is 26.9. The third kappa shape index (κ3) is 4.37. The lowest BCUT2D eigenvalue weighted by Crippen LogP contribution is -2.03. The molecule has 140 valence electrons. The monoisotopic (exact) mass is 381 g/mol. The highest BCUT2D eigenvalue weighted by molar-refractivity contribution is 5.70. The van der Waals surface area contributed by atoms with Gasteiger partial charge in [0, 0.05) is 17.3 Å². The second-order valence-electron chi connectivity index (χ2n) is 6.24. The van der Waals surface area contributed by atoms with Crippen LogP contribution in [0.25, 0.3) is 11.3 Å². The second-order valence-corrected chi connectivity index (χ2v) is 6.24. The van der Waals surface area contributed by atoms with Crippen molar-refractivity contribution in [2.24, 2.45) is 0 Å². The number of aromatic nitrogens is 2. The minimum Gasteiger partial charge on any atom is -0.339 e. The number of anilines is 4. The Balaban J connectivity index is 1.73. The first kappa shape index (κ1) is 18.1.